The van der Waals surface area contributed by atoms with Crippen LogP contribution >= 0.6 is 0 Å². The lowest BCUT2D eigenvalue weighted by atomic mass is 10.00. The van der Waals surface area contributed by atoms with Crippen LogP contribution in [0.2, 0.25) is 0 Å². The van der Waals surface area contributed by atoms with E-state index in [4.69, 9.17) is 4.98 Å². The number of carbonyl (C=O) groups is 1. The molecule has 0 aliphatic carbocycles. The van der Waals surface area contributed by atoms with Gasteiger partial charge >= 0.3 is 0 Å². The van der Waals surface area contributed by atoms with Crippen LogP contribution in [0, 0.1) is 6.92 Å². The zero-order valence-corrected chi connectivity index (χ0v) is 19.7. The van der Waals surface area contributed by atoms with Gasteiger partial charge in [0.1, 0.15) is 11.4 Å². The Morgan fingerprint density at radius 2 is 2.03 bits per heavy atom. The minimum absolute atomic E-state index is 0.0177. The number of Topliss-reactive ketones (excluding diaryl/α,β-unsaturated/α-hetero) is 1. The summed E-state index contributed by atoms with van der Waals surface area (Å²) in [4.78, 5) is 40.7. The summed E-state index contributed by atoms with van der Waals surface area (Å²) in [5.74, 6) is 0.256. The molecule has 9 nitrogen and oxygen atoms in total. The standard InChI is InChI=1S/C27H26N6O3/c1-17-13-19(33-11-10-28-16-33)15-22-25(17)32-26(31-22)24-20(7-9-29-27(24)36)30-21(23(35)8-12-34)14-18-5-3-2-4-6-18/h2-7,9-11,13,15-16,21,34H,8,12,14H2,1H3,(H,31,32)(H2,29,30,36)/t21-/m0/s1. The number of pyridine rings is 1. The molecule has 2 aromatic carbocycles. The number of imidazole rings is 2. The van der Waals surface area contributed by atoms with Gasteiger partial charge in [-0.2, -0.15) is 0 Å². The highest BCUT2D eigenvalue weighted by Gasteiger charge is 2.22. The fourth-order valence-electron chi connectivity index (χ4n) is 4.35. The van der Waals surface area contributed by atoms with Crippen LogP contribution in [0.3, 0.4) is 0 Å². The average Bonchev–Trinajstić information content (AvgIpc) is 3.55. The van der Waals surface area contributed by atoms with Crippen molar-refractivity contribution < 1.29 is 9.90 Å². The molecule has 0 radical (unpaired) electrons. The first-order chi connectivity index (χ1) is 17.5. The number of hydrogen-bond donors (Lipinski definition) is 4. The normalized spacial score (nSPS) is 12.1. The molecule has 0 saturated carbocycles. The maximum absolute atomic E-state index is 13.0. The van der Waals surface area contributed by atoms with Gasteiger partial charge in [0.25, 0.3) is 5.56 Å². The highest BCUT2D eigenvalue weighted by Crippen LogP contribution is 2.28. The second-order valence-corrected chi connectivity index (χ2v) is 8.64. The Morgan fingerprint density at radius 1 is 1.19 bits per heavy atom. The number of aliphatic hydroxyl groups is 1. The fraction of sp³-hybridized carbons (Fsp3) is 0.185. The average molecular weight is 483 g/mol. The van der Waals surface area contributed by atoms with Gasteiger partial charge in [0.05, 0.1) is 35.7 Å². The lowest BCUT2D eigenvalue weighted by molar-refractivity contribution is -0.120. The Labute approximate surface area is 206 Å². The summed E-state index contributed by atoms with van der Waals surface area (Å²) < 4.78 is 1.90. The van der Waals surface area contributed by atoms with Crippen LogP contribution < -0.4 is 10.9 Å². The van der Waals surface area contributed by atoms with Gasteiger partial charge in [-0.25, -0.2) is 9.97 Å². The van der Waals surface area contributed by atoms with Crippen molar-refractivity contribution >= 4 is 22.5 Å². The predicted molar refractivity (Wildman–Crippen MR) is 138 cm³/mol. The molecule has 36 heavy (non-hydrogen) atoms. The molecule has 0 spiro atoms. The van der Waals surface area contributed by atoms with Crippen LogP contribution in [0.25, 0.3) is 28.1 Å². The third-order valence-corrected chi connectivity index (χ3v) is 6.12. The number of aromatic nitrogens is 5. The molecular weight excluding hydrogens is 456 g/mol. The second kappa shape index (κ2) is 10.0. The Kier molecular flexibility index (Phi) is 6.46. The molecule has 1 atom stereocenters. The Hall–Kier alpha value is -4.50. The molecule has 9 heteroatoms. The number of anilines is 1. The molecule has 0 aliphatic rings. The molecule has 0 amide bonds. The number of ketones is 1. The first-order valence-electron chi connectivity index (χ1n) is 11.7. The molecule has 5 rings (SSSR count). The van der Waals surface area contributed by atoms with E-state index in [1.165, 1.54) is 6.20 Å². The minimum Gasteiger partial charge on any atom is -0.396 e. The monoisotopic (exact) mass is 482 g/mol. The second-order valence-electron chi connectivity index (χ2n) is 8.64. The number of aromatic amines is 2. The van der Waals surface area contributed by atoms with Gasteiger partial charge in [0, 0.05) is 30.7 Å². The molecule has 0 bridgehead atoms. The molecule has 3 heterocycles. The number of carbonyl (C=O) groups excluding carboxylic acids is 1. The van der Waals surface area contributed by atoms with Gasteiger partial charge in [-0.3, -0.25) is 9.59 Å². The Bertz CT molecular complexity index is 1550. The quantitative estimate of drug-likeness (QED) is 0.255. The summed E-state index contributed by atoms with van der Waals surface area (Å²) in [7, 11) is 0. The number of nitrogens with one attached hydrogen (secondary N) is 3. The van der Waals surface area contributed by atoms with Gasteiger partial charge < -0.3 is 25.0 Å². The Morgan fingerprint density at radius 3 is 2.78 bits per heavy atom. The fourth-order valence-corrected chi connectivity index (χ4v) is 4.35. The van der Waals surface area contributed by atoms with E-state index in [1.807, 2.05) is 60.2 Å². The van der Waals surface area contributed by atoms with Crippen LogP contribution in [-0.4, -0.2) is 48.0 Å². The van der Waals surface area contributed by atoms with E-state index in [-0.39, 0.29) is 24.4 Å². The van der Waals surface area contributed by atoms with Gasteiger partial charge in [-0.1, -0.05) is 30.3 Å². The molecule has 0 unspecified atom stereocenters. The van der Waals surface area contributed by atoms with Crippen LogP contribution in [0.5, 0.6) is 0 Å². The molecular formula is C27H26N6O3. The number of benzene rings is 2. The van der Waals surface area contributed by atoms with E-state index < -0.39 is 6.04 Å². The summed E-state index contributed by atoms with van der Waals surface area (Å²) in [5.41, 5.74) is 4.83. The number of nitrogens with zero attached hydrogens (tertiary/aromatic N) is 3. The highest BCUT2D eigenvalue weighted by atomic mass is 16.3. The zero-order chi connectivity index (χ0) is 25.1. The van der Waals surface area contributed by atoms with Crippen molar-refractivity contribution in [1.82, 2.24) is 24.5 Å². The van der Waals surface area contributed by atoms with E-state index in [2.05, 4.69) is 20.3 Å². The molecule has 4 N–H and O–H groups in total. The van der Waals surface area contributed by atoms with Crippen molar-refractivity contribution in [3.05, 3.63) is 94.9 Å². The van der Waals surface area contributed by atoms with Crippen molar-refractivity contribution in [2.24, 2.45) is 0 Å². The largest absolute Gasteiger partial charge is 0.396 e. The first kappa shape index (κ1) is 23.3. The number of fused-ring (bicyclic) bond motifs is 1. The Balaban J connectivity index is 1.55. The van der Waals surface area contributed by atoms with Crippen molar-refractivity contribution in [3.63, 3.8) is 0 Å². The van der Waals surface area contributed by atoms with Crippen LogP contribution in [-0.2, 0) is 11.2 Å². The maximum atomic E-state index is 13.0. The molecule has 182 valence electrons. The lowest BCUT2D eigenvalue weighted by Gasteiger charge is -2.20. The van der Waals surface area contributed by atoms with Crippen LogP contribution in [0.1, 0.15) is 17.5 Å². The zero-order valence-electron chi connectivity index (χ0n) is 19.7. The molecule has 3 aromatic heterocycles. The van der Waals surface area contributed by atoms with Crippen molar-refractivity contribution in [3.8, 4) is 17.1 Å². The number of rotatable bonds is 9. The van der Waals surface area contributed by atoms with Gasteiger partial charge in [-0.15, -0.1) is 0 Å². The number of hydrogen-bond acceptors (Lipinski definition) is 6. The number of aryl methyl sites for hydroxylation is 1. The predicted octanol–water partition coefficient (Wildman–Crippen LogP) is 3.39. The van der Waals surface area contributed by atoms with E-state index >= 15 is 0 Å². The highest BCUT2D eigenvalue weighted by molar-refractivity contribution is 5.90. The maximum Gasteiger partial charge on any atom is 0.261 e. The lowest BCUT2D eigenvalue weighted by Crippen LogP contribution is -2.33. The van der Waals surface area contributed by atoms with Crippen molar-refractivity contribution in [1.29, 1.82) is 0 Å². The molecule has 0 fully saturated rings. The number of H-pyrrole nitrogens is 2. The SMILES string of the molecule is Cc1cc(-n2ccnc2)cc2[nH]c(-c3c(N[C@@H](Cc4ccccc4)C(=O)CCO)cc[nH]c3=O)nc12. The summed E-state index contributed by atoms with van der Waals surface area (Å²) in [6.45, 7) is 1.72. The third-order valence-electron chi connectivity index (χ3n) is 6.12. The van der Waals surface area contributed by atoms with Crippen LogP contribution in [0.4, 0.5) is 5.69 Å². The smallest absolute Gasteiger partial charge is 0.261 e. The summed E-state index contributed by atoms with van der Waals surface area (Å²) in [5, 5.41) is 12.6. The summed E-state index contributed by atoms with van der Waals surface area (Å²) in [6.07, 6.45) is 7.26. The molecule has 0 saturated heterocycles. The van der Waals surface area contributed by atoms with Gasteiger partial charge in [0.15, 0.2) is 5.78 Å². The third kappa shape index (κ3) is 4.69. The van der Waals surface area contributed by atoms with Gasteiger partial charge in [-0.05, 0) is 42.7 Å². The van der Waals surface area contributed by atoms with Gasteiger partial charge in [0.2, 0.25) is 0 Å². The number of aliphatic hydroxyl groups excluding tert-OH is 1. The van der Waals surface area contributed by atoms with E-state index in [1.54, 1.807) is 18.6 Å². The molecule has 0 aliphatic heterocycles. The van der Waals surface area contributed by atoms with E-state index in [0.29, 0.717) is 23.5 Å². The summed E-state index contributed by atoms with van der Waals surface area (Å²) in [6, 6.07) is 14.7. The van der Waals surface area contributed by atoms with Crippen LogP contribution in [0.15, 0.2) is 78.2 Å². The minimum atomic E-state index is -0.626. The molecule has 5 aromatic rings. The van der Waals surface area contributed by atoms with Crippen molar-refractivity contribution in [2.45, 2.75) is 25.8 Å². The van der Waals surface area contributed by atoms with E-state index in [9.17, 15) is 14.7 Å². The summed E-state index contributed by atoms with van der Waals surface area (Å²) >= 11 is 0. The topological polar surface area (TPSA) is 129 Å². The first-order valence-corrected chi connectivity index (χ1v) is 11.7. The van der Waals surface area contributed by atoms with E-state index in [0.717, 1.165) is 27.8 Å². The van der Waals surface area contributed by atoms with Crippen molar-refractivity contribution in [2.75, 3.05) is 11.9 Å².